The van der Waals surface area contributed by atoms with Crippen molar-refractivity contribution in [2.45, 2.75) is 58.3 Å². The van der Waals surface area contributed by atoms with E-state index in [1.165, 1.54) is 0 Å². The maximum Gasteiger partial charge on any atom is 0.306 e. The van der Waals surface area contributed by atoms with Crippen LogP contribution in [0, 0.1) is 5.92 Å². The Morgan fingerprint density at radius 3 is 1.95 bits per heavy atom. The second-order valence-corrected chi connectivity index (χ2v) is 4.67. The summed E-state index contributed by atoms with van der Waals surface area (Å²) in [4.78, 5) is 21.1. The Bertz CT molecular complexity index is 231. The first-order valence-electron chi connectivity index (χ1n) is 7.02. The van der Waals surface area contributed by atoms with Gasteiger partial charge in [-0.05, 0) is 33.4 Å². The van der Waals surface area contributed by atoms with Gasteiger partial charge in [0.1, 0.15) is 0 Å². The zero-order chi connectivity index (χ0) is 15.1. The van der Waals surface area contributed by atoms with Crippen LogP contribution < -0.4 is 5.32 Å². The number of carboxylic acid groups (broad SMARTS) is 2. The molecular weight excluding hydrogens is 246 g/mol. The number of unbranched alkanes of at least 4 members (excludes halogenated alkanes) is 3. The molecule has 0 amide bonds. The first-order chi connectivity index (χ1) is 8.99. The molecule has 0 aliphatic heterocycles. The molecule has 0 rings (SSSR count). The molecule has 5 heteroatoms. The summed E-state index contributed by atoms with van der Waals surface area (Å²) in [6.45, 7) is 2.05. The number of hydrogen-bond acceptors (Lipinski definition) is 3. The highest BCUT2D eigenvalue weighted by atomic mass is 16.4. The van der Waals surface area contributed by atoms with Crippen molar-refractivity contribution in [2.24, 2.45) is 5.92 Å². The SMILES string of the molecule is CCCCC(CCCCCC(=O)O)C(=O)O.CNC. The standard InChI is InChI=1S/C12H22O4.C2H7N/c1-2-3-7-10(12(15)16)8-5-4-6-9-11(13)14;1-3-2/h10H,2-9H2,1H3,(H,13,14)(H,15,16);3H,1-2H3. The van der Waals surface area contributed by atoms with Gasteiger partial charge in [-0.3, -0.25) is 9.59 Å². The number of aliphatic carboxylic acids is 2. The van der Waals surface area contributed by atoms with Crippen molar-refractivity contribution in [1.29, 1.82) is 0 Å². The third kappa shape index (κ3) is 16.9. The van der Waals surface area contributed by atoms with Crippen molar-refractivity contribution >= 4 is 11.9 Å². The Morgan fingerprint density at radius 1 is 1.00 bits per heavy atom. The molecule has 0 aromatic carbocycles. The summed E-state index contributed by atoms with van der Waals surface area (Å²) < 4.78 is 0. The van der Waals surface area contributed by atoms with Gasteiger partial charge in [0.2, 0.25) is 0 Å². The van der Waals surface area contributed by atoms with Gasteiger partial charge in [0.15, 0.2) is 0 Å². The fraction of sp³-hybridized carbons (Fsp3) is 0.857. The van der Waals surface area contributed by atoms with E-state index < -0.39 is 11.9 Å². The molecule has 0 spiro atoms. The molecule has 1 atom stereocenters. The van der Waals surface area contributed by atoms with Crippen LogP contribution in [0.3, 0.4) is 0 Å². The van der Waals surface area contributed by atoms with E-state index in [1.807, 2.05) is 21.0 Å². The maximum absolute atomic E-state index is 10.9. The predicted molar refractivity (Wildman–Crippen MR) is 76.4 cm³/mol. The minimum Gasteiger partial charge on any atom is -0.481 e. The molecule has 0 aromatic rings. The van der Waals surface area contributed by atoms with Crippen molar-refractivity contribution in [3.63, 3.8) is 0 Å². The van der Waals surface area contributed by atoms with Gasteiger partial charge in [0, 0.05) is 6.42 Å². The van der Waals surface area contributed by atoms with Crippen molar-refractivity contribution in [1.82, 2.24) is 5.32 Å². The molecule has 0 radical (unpaired) electrons. The van der Waals surface area contributed by atoms with Crippen LogP contribution in [0.5, 0.6) is 0 Å². The van der Waals surface area contributed by atoms with E-state index in [4.69, 9.17) is 10.2 Å². The lowest BCUT2D eigenvalue weighted by atomic mass is 9.95. The lowest BCUT2D eigenvalue weighted by Crippen LogP contribution is -2.13. The van der Waals surface area contributed by atoms with Crippen LogP contribution in [0.15, 0.2) is 0 Å². The van der Waals surface area contributed by atoms with Crippen molar-refractivity contribution in [3.8, 4) is 0 Å². The fourth-order valence-corrected chi connectivity index (χ4v) is 1.69. The molecule has 5 nitrogen and oxygen atoms in total. The normalized spacial score (nSPS) is 11.3. The molecule has 0 aromatic heterocycles. The molecule has 1 unspecified atom stereocenters. The number of nitrogens with one attached hydrogen (secondary N) is 1. The minimum atomic E-state index is -0.777. The summed E-state index contributed by atoms with van der Waals surface area (Å²) in [6.07, 6.45) is 5.84. The van der Waals surface area contributed by atoms with E-state index in [0.717, 1.165) is 32.1 Å². The van der Waals surface area contributed by atoms with Gasteiger partial charge in [-0.1, -0.05) is 32.6 Å². The highest BCUT2D eigenvalue weighted by Crippen LogP contribution is 2.17. The molecule has 0 heterocycles. The highest BCUT2D eigenvalue weighted by Gasteiger charge is 2.15. The van der Waals surface area contributed by atoms with Gasteiger partial charge in [-0.2, -0.15) is 0 Å². The zero-order valence-corrected chi connectivity index (χ0v) is 12.4. The molecule has 114 valence electrons. The second kappa shape index (κ2) is 15.0. The molecular formula is C14H29NO4. The van der Waals surface area contributed by atoms with Crippen LogP contribution >= 0.6 is 0 Å². The second-order valence-electron chi connectivity index (χ2n) is 4.67. The predicted octanol–water partition coefficient (Wildman–Crippen LogP) is 2.75. The van der Waals surface area contributed by atoms with Crippen LogP contribution in [-0.2, 0) is 9.59 Å². The van der Waals surface area contributed by atoms with Gasteiger partial charge in [-0.15, -0.1) is 0 Å². The third-order valence-corrected chi connectivity index (χ3v) is 2.70. The summed E-state index contributed by atoms with van der Waals surface area (Å²) in [6, 6.07) is 0. The Labute approximate surface area is 116 Å². The third-order valence-electron chi connectivity index (χ3n) is 2.70. The van der Waals surface area contributed by atoms with Crippen LogP contribution in [-0.4, -0.2) is 36.2 Å². The Kier molecular flexibility index (Phi) is 15.9. The molecule has 0 saturated carbocycles. The van der Waals surface area contributed by atoms with Crippen molar-refractivity contribution in [2.75, 3.05) is 14.1 Å². The number of carbonyl (C=O) groups is 2. The van der Waals surface area contributed by atoms with E-state index in [-0.39, 0.29) is 12.3 Å². The zero-order valence-electron chi connectivity index (χ0n) is 12.4. The van der Waals surface area contributed by atoms with E-state index in [1.54, 1.807) is 0 Å². The van der Waals surface area contributed by atoms with E-state index in [9.17, 15) is 9.59 Å². The van der Waals surface area contributed by atoms with Gasteiger partial charge < -0.3 is 15.5 Å². The summed E-state index contributed by atoms with van der Waals surface area (Å²) >= 11 is 0. The largest absolute Gasteiger partial charge is 0.481 e. The van der Waals surface area contributed by atoms with E-state index in [2.05, 4.69) is 5.32 Å². The smallest absolute Gasteiger partial charge is 0.306 e. The van der Waals surface area contributed by atoms with Crippen LogP contribution in [0.4, 0.5) is 0 Å². The van der Waals surface area contributed by atoms with Crippen molar-refractivity contribution in [3.05, 3.63) is 0 Å². The molecule has 0 aliphatic rings. The van der Waals surface area contributed by atoms with Crippen LogP contribution in [0.1, 0.15) is 58.3 Å². The Morgan fingerprint density at radius 2 is 1.53 bits per heavy atom. The Hall–Kier alpha value is -1.10. The maximum atomic E-state index is 10.9. The van der Waals surface area contributed by atoms with Crippen LogP contribution in [0.25, 0.3) is 0 Å². The molecule has 0 aliphatic carbocycles. The molecule has 0 fully saturated rings. The van der Waals surface area contributed by atoms with Gasteiger partial charge in [0.25, 0.3) is 0 Å². The molecule has 19 heavy (non-hydrogen) atoms. The molecule has 3 N–H and O–H groups in total. The van der Waals surface area contributed by atoms with Gasteiger partial charge in [0.05, 0.1) is 5.92 Å². The van der Waals surface area contributed by atoms with Crippen molar-refractivity contribution < 1.29 is 19.8 Å². The monoisotopic (exact) mass is 275 g/mol. The summed E-state index contributed by atoms with van der Waals surface area (Å²) in [5, 5.41) is 20.1. The van der Waals surface area contributed by atoms with E-state index in [0.29, 0.717) is 12.8 Å². The quantitative estimate of drug-likeness (QED) is 0.534. The van der Waals surface area contributed by atoms with E-state index >= 15 is 0 Å². The molecule has 0 bridgehead atoms. The topological polar surface area (TPSA) is 86.6 Å². The number of rotatable bonds is 10. The lowest BCUT2D eigenvalue weighted by molar-refractivity contribution is -0.142. The summed E-state index contributed by atoms with van der Waals surface area (Å²) in [7, 11) is 3.75. The number of carboxylic acids is 2. The minimum absolute atomic E-state index is 0.187. The Balaban J connectivity index is 0. The highest BCUT2D eigenvalue weighted by molar-refractivity contribution is 5.69. The first kappa shape index (κ1) is 20.2. The lowest BCUT2D eigenvalue weighted by Gasteiger charge is -2.10. The average molecular weight is 275 g/mol. The van der Waals surface area contributed by atoms with Crippen LogP contribution in [0.2, 0.25) is 0 Å². The first-order valence-corrected chi connectivity index (χ1v) is 7.02. The molecule has 0 saturated heterocycles. The van der Waals surface area contributed by atoms with Gasteiger partial charge >= 0.3 is 11.9 Å². The average Bonchev–Trinajstić information content (AvgIpc) is 2.32. The number of hydrogen-bond donors (Lipinski definition) is 3. The fourth-order valence-electron chi connectivity index (χ4n) is 1.69. The summed E-state index contributed by atoms with van der Waals surface area (Å²) in [5.74, 6) is -1.74. The van der Waals surface area contributed by atoms with Gasteiger partial charge in [-0.25, -0.2) is 0 Å². The summed E-state index contributed by atoms with van der Waals surface area (Å²) in [5.41, 5.74) is 0.